The largest absolute Gasteiger partial charge is 0.490 e. The number of aromatic nitrogens is 1. The Morgan fingerprint density at radius 1 is 1.11 bits per heavy atom. The van der Waals surface area contributed by atoms with E-state index in [1.807, 2.05) is 57.2 Å². The van der Waals surface area contributed by atoms with Crippen LogP contribution in [0.25, 0.3) is 0 Å². The van der Waals surface area contributed by atoms with Gasteiger partial charge >= 0.3 is 0 Å². The summed E-state index contributed by atoms with van der Waals surface area (Å²) in [4.78, 5) is 8.81. The summed E-state index contributed by atoms with van der Waals surface area (Å²) < 4.78 is 11.4. The number of nitrogens with one attached hydrogen (secondary N) is 2. The van der Waals surface area contributed by atoms with Crippen molar-refractivity contribution in [1.82, 2.24) is 15.6 Å². The molecule has 1 aromatic carbocycles. The first-order valence-electron chi connectivity index (χ1n) is 9.36. The summed E-state index contributed by atoms with van der Waals surface area (Å²) in [5.74, 6) is 2.25. The van der Waals surface area contributed by atoms with E-state index in [-0.39, 0.29) is 30.0 Å². The van der Waals surface area contributed by atoms with Crippen LogP contribution in [0.15, 0.2) is 41.4 Å². The van der Waals surface area contributed by atoms with Gasteiger partial charge in [0.05, 0.1) is 31.5 Å². The number of rotatable bonds is 8. The topological polar surface area (TPSA) is 67.8 Å². The van der Waals surface area contributed by atoms with Gasteiger partial charge in [-0.1, -0.05) is 12.1 Å². The predicted molar refractivity (Wildman–Crippen MR) is 125 cm³/mol. The average Bonchev–Trinajstić information content (AvgIpc) is 2.66. The molecule has 1 atom stereocenters. The number of aliphatic imine (C=N–C) groups is 1. The van der Waals surface area contributed by atoms with Crippen LogP contribution >= 0.6 is 24.0 Å². The van der Waals surface area contributed by atoms with Crippen LogP contribution in [0.5, 0.6) is 11.5 Å². The highest BCUT2D eigenvalue weighted by atomic mass is 127. The molecule has 0 spiro atoms. The van der Waals surface area contributed by atoms with Crippen molar-refractivity contribution in [3.63, 3.8) is 0 Å². The van der Waals surface area contributed by atoms with Gasteiger partial charge in [-0.05, 0) is 57.5 Å². The van der Waals surface area contributed by atoms with Gasteiger partial charge < -0.3 is 20.1 Å². The molecule has 0 amide bonds. The molecule has 154 valence electrons. The minimum absolute atomic E-state index is 0. The molecule has 2 rings (SSSR count). The molecule has 2 aromatic rings. The van der Waals surface area contributed by atoms with Crippen molar-refractivity contribution >= 4 is 29.9 Å². The van der Waals surface area contributed by atoms with E-state index in [0.717, 1.165) is 34.4 Å². The summed E-state index contributed by atoms with van der Waals surface area (Å²) in [6.07, 6.45) is 0. The van der Waals surface area contributed by atoms with Crippen LogP contribution in [0.2, 0.25) is 0 Å². The molecule has 0 saturated carbocycles. The van der Waals surface area contributed by atoms with Crippen molar-refractivity contribution < 1.29 is 9.47 Å². The molecule has 0 aliphatic carbocycles. The summed E-state index contributed by atoms with van der Waals surface area (Å²) in [6, 6.07) is 12.1. The fourth-order valence-electron chi connectivity index (χ4n) is 2.69. The number of ether oxygens (including phenoxy) is 2. The lowest BCUT2D eigenvalue weighted by molar-refractivity contribution is 0.287. The third-order valence-electron chi connectivity index (χ3n) is 4.03. The molecule has 0 bridgehead atoms. The van der Waals surface area contributed by atoms with Gasteiger partial charge in [0.15, 0.2) is 17.5 Å². The molecule has 28 heavy (non-hydrogen) atoms. The Kier molecular flexibility index (Phi) is 10.7. The number of benzene rings is 1. The van der Waals surface area contributed by atoms with Gasteiger partial charge in [0, 0.05) is 12.7 Å². The Hall–Kier alpha value is -2.03. The molecular weight excluding hydrogens is 467 g/mol. The first kappa shape index (κ1) is 24.0. The Labute approximate surface area is 185 Å². The molecule has 1 heterocycles. The van der Waals surface area contributed by atoms with E-state index in [9.17, 15) is 0 Å². The predicted octanol–water partition coefficient (Wildman–Crippen LogP) is 4.23. The zero-order valence-corrected chi connectivity index (χ0v) is 19.6. The summed E-state index contributed by atoms with van der Waals surface area (Å²) in [6.45, 7) is 9.82. The molecule has 2 N–H and O–H groups in total. The lowest BCUT2D eigenvalue weighted by atomic mass is 10.1. The first-order valence-corrected chi connectivity index (χ1v) is 9.36. The second kappa shape index (κ2) is 12.4. The standard InChI is InChI=1S/C21H30N4O2.HI/c1-6-26-19-12-11-17(13-20(19)27-7-2)16(4)25-21(22-5)23-14-18-10-8-9-15(3)24-18;/h8-13,16H,6-7,14H2,1-5H3,(H2,22,23,25);1H. The molecule has 7 heteroatoms. The Morgan fingerprint density at radius 3 is 2.46 bits per heavy atom. The maximum absolute atomic E-state index is 5.72. The molecule has 0 radical (unpaired) electrons. The van der Waals surface area contributed by atoms with E-state index >= 15 is 0 Å². The van der Waals surface area contributed by atoms with E-state index in [1.165, 1.54) is 0 Å². The third-order valence-corrected chi connectivity index (χ3v) is 4.03. The molecule has 0 saturated heterocycles. The summed E-state index contributed by atoms with van der Waals surface area (Å²) >= 11 is 0. The number of hydrogen-bond acceptors (Lipinski definition) is 4. The molecule has 0 aliphatic heterocycles. The fraction of sp³-hybridized carbons (Fsp3) is 0.429. The van der Waals surface area contributed by atoms with Crippen molar-refractivity contribution in [2.75, 3.05) is 20.3 Å². The molecule has 1 unspecified atom stereocenters. The SMILES string of the molecule is CCOc1ccc(C(C)NC(=NC)NCc2cccc(C)n2)cc1OCC.I. The van der Waals surface area contributed by atoms with Gasteiger partial charge in [0.2, 0.25) is 0 Å². The van der Waals surface area contributed by atoms with Gasteiger partial charge in [0.25, 0.3) is 0 Å². The number of pyridine rings is 1. The second-order valence-corrected chi connectivity index (χ2v) is 6.13. The highest BCUT2D eigenvalue weighted by molar-refractivity contribution is 14.0. The zero-order valence-electron chi connectivity index (χ0n) is 17.3. The fourth-order valence-corrected chi connectivity index (χ4v) is 2.69. The van der Waals surface area contributed by atoms with Gasteiger partial charge in [-0.2, -0.15) is 0 Å². The van der Waals surface area contributed by atoms with Crippen LogP contribution in [-0.2, 0) is 6.54 Å². The van der Waals surface area contributed by atoms with Crippen LogP contribution in [0.1, 0.15) is 43.8 Å². The third kappa shape index (κ3) is 7.18. The molecule has 0 aliphatic rings. The summed E-state index contributed by atoms with van der Waals surface area (Å²) in [5.41, 5.74) is 3.08. The minimum atomic E-state index is 0. The Morgan fingerprint density at radius 2 is 1.82 bits per heavy atom. The van der Waals surface area contributed by atoms with Crippen molar-refractivity contribution in [3.8, 4) is 11.5 Å². The lowest BCUT2D eigenvalue weighted by Gasteiger charge is -2.20. The van der Waals surface area contributed by atoms with Gasteiger partial charge in [-0.3, -0.25) is 9.98 Å². The number of hydrogen-bond donors (Lipinski definition) is 2. The second-order valence-electron chi connectivity index (χ2n) is 6.13. The quantitative estimate of drug-likeness (QED) is 0.324. The average molecular weight is 498 g/mol. The maximum atomic E-state index is 5.72. The van der Waals surface area contributed by atoms with Crippen LogP contribution in [-0.4, -0.2) is 31.2 Å². The van der Waals surface area contributed by atoms with E-state index in [0.29, 0.717) is 19.8 Å². The maximum Gasteiger partial charge on any atom is 0.191 e. The first-order chi connectivity index (χ1) is 13.1. The van der Waals surface area contributed by atoms with Crippen LogP contribution in [0.3, 0.4) is 0 Å². The number of halogens is 1. The smallest absolute Gasteiger partial charge is 0.191 e. The number of nitrogens with zero attached hydrogens (tertiary/aromatic N) is 2. The van der Waals surface area contributed by atoms with Crippen molar-refractivity contribution in [1.29, 1.82) is 0 Å². The van der Waals surface area contributed by atoms with Crippen molar-refractivity contribution in [2.45, 2.75) is 40.3 Å². The summed E-state index contributed by atoms with van der Waals surface area (Å²) in [5, 5.41) is 6.71. The number of guanidine groups is 1. The van der Waals surface area contributed by atoms with E-state index in [2.05, 4.69) is 27.5 Å². The summed E-state index contributed by atoms with van der Waals surface area (Å²) in [7, 11) is 1.76. The van der Waals surface area contributed by atoms with E-state index < -0.39 is 0 Å². The Bertz CT molecular complexity index is 768. The van der Waals surface area contributed by atoms with Crippen molar-refractivity contribution in [2.24, 2.45) is 4.99 Å². The molecule has 0 fully saturated rings. The lowest BCUT2D eigenvalue weighted by Crippen LogP contribution is -2.38. The van der Waals surface area contributed by atoms with Gasteiger partial charge in [-0.15, -0.1) is 24.0 Å². The van der Waals surface area contributed by atoms with Gasteiger partial charge in [-0.25, -0.2) is 0 Å². The minimum Gasteiger partial charge on any atom is -0.490 e. The van der Waals surface area contributed by atoms with Crippen LogP contribution in [0, 0.1) is 6.92 Å². The van der Waals surface area contributed by atoms with E-state index in [4.69, 9.17) is 9.47 Å². The van der Waals surface area contributed by atoms with Gasteiger partial charge in [0.1, 0.15) is 0 Å². The van der Waals surface area contributed by atoms with Crippen molar-refractivity contribution in [3.05, 3.63) is 53.3 Å². The number of aryl methyl sites for hydroxylation is 1. The van der Waals surface area contributed by atoms with Crippen LogP contribution in [0.4, 0.5) is 0 Å². The highest BCUT2D eigenvalue weighted by Crippen LogP contribution is 2.30. The monoisotopic (exact) mass is 498 g/mol. The molecule has 6 nitrogen and oxygen atoms in total. The highest BCUT2D eigenvalue weighted by Gasteiger charge is 2.12. The Balaban J connectivity index is 0.00000392. The normalized spacial score (nSPS) is 12.0. The molecular formula is C21H31IN4O2. The van der Waals surface area contributed by atoms with Crippen LogP contribution < -0.4 is 20.1 Å². The van der Waals surface area contributed by atoms with E-state index in [1.54, 1.807) is 7.05 Å². The molecule has 1 aromatic heterocycles. The zero-order chi connectivity index (χ0) is 19.6.